The lowest BCUT2D eigenvalue weighted by atomic mass is 10.2. The second-order valence-electron chi connectivity index (χ2n) is 3.26. The third-order valence-corrected chi connectivity index (χ3v) is 2.26. The van der Waals surface area contributed by atoms with Crippen molar-refractivity contribution in [2.45, 2.75) is 38.6 Å². The molecule has 0 amide bonds. The highest BCUT2D eigenvalue weighted by molar-refractivity contribution is 4.73. The van der Waals surface area contributed by atoms with Gasteiger partial charge in [0.1, 0.15) is 0 Å². The largest absolute Gasteiger partial charge is 0.313 e. The maximum atomic E-state index is 5.01. The van der Waals surface area contributed by atoms with E-state index in [1.165, 1.54) is 25.7 Å². The minimum Gasteiger partial charge on any atom is -0.313 e. The standard InChI is InChI=1S/C9H20N2O/c1-2-12-11-8-7-10-9-5-3-4-6-9/h9-11H,2-8H2,1H3. The molecule has 1 rings (SSSR count). The molecule has 0 aromatic rings. The summed E-state index contributed by atoms with van der Waals surface area (Å²) in [7, 11) is 0. The van der Waals surface area contributed by atoms with Crippen LogP contribution in [0.4, 0.5) is 0 Å². The first-order chi connectivity index (χ1) is 5.93. The fourth-order valence-corrected chi connectivity index (χ4v) is 1.63. The van der Waals surface area contributed by atoms with Crippen molar-refractivity contribution in [3.63, 3.8) is 0 Å². The molecule has 0 spiro atoms. The van der Waals surface area contributed by atoms with Crippen LogP contribution in [0.15, 0.2) is 0 Å². The first kappa shape index (κ1) is 9.96. The van der Waals surface area contributed by atoms with Gasteiger partial charge in [-0.1, -0.05) is 12.8 Å². The molecule has 3 heteroatoms. The molecule has 2 N–H and O–H groups in total. The molecule has 1 fully saturated rings. The third kappa shape index (κ3) is 4.04. The monoisotopic (exact) mass is 172 g/mol. The lowest BCUT2D eigenvalue weighted by molar-refractivity contribution is 0.0514. The van der Waals surface area contributed by atoms with E-state index in [-0.39, 0.29) is 0 Å². The van der Waals surface area contributed by atoms with Crippen LogP contribution in [0.3, 0.4) is 0 Å². The van der Waals surface area contributed by atoms with E-state index in [0.717, 1.165) is 25.7 Å². The quantitative estimate of drug-likeness (QED) is 0.464. The number of nitrogens with one attached hydrogen (secondary N) is 2. The van der Waals surface area contributed by atoms with E-state index in [0.29, 0.717) is 0 Å². The zero-order valence-electron chi connectivity index (χ0n) is 7.94. The normalized spacial score (nSPS) is 18.8. The summed E-state index contributed by atoms with van der Waals surface area (Å²) in [6, 6.07) is 0.772. The summed E-state index contributed by atoms with van der Waals surface area (Å²) < 4.78 is 0. The zero-order chi connectivity index (χ0) is 8.65. The Morgan fingerprint density at radius 3 is 2.67 bits per heavy atom. The third-order valence-electron chi connectivity index (χ3n) is 2.26. The lowest BCUT2D eigenvalue weighted by Crippen LogP contribution is -2.33. The molecule has 0 atom stereocenters. The summed E-state index contributed by atoms with van der Waals surface area (Å²) in [6.45, 7) is 4.65. The minimum absolute atomic E-state index is 0.740. The van der Waals surface area contributed by atoms with Crippen LogP contribution in [-0.2, 0) is 4.84 Å². The second-order valence-corrected chi connectivity index (χ2v) is 3.26. The summed E-state index contributed by atoms with van der Waals surface area (Å²) in [5.74, 6) is 0. The second kappa shape index (κ2) is 6.40. The van der Waals surface area contributed by atoms with Gasteiger partial charge in [-0.2, -0.15) is 0 Å². The van der Waals surface area contributed by atoms with Crippen molar-refractivity contribution in [2.75, 3.05) is 19.7 Å². The molecule has 0 aromatic heterocycles. The Hall–Kier alpha value is -0.120. The molecule has 0 aliphatic heterocycles. The lowest BCUT2D eigenvalue weighted by Gasteiger charge is -2.11. The fourth-order valence-electron chi connectivity index (χ4n) is 1.63. The maximum Gasteiger partial charge on any atom is 0.0653 e. The highest BCUT2D eigenvalue weighted by Gasteiger charge is 2.12. The SMILES string of the molecule is CCONCCNC1CCCC1. The van der Waals surface area contributed by atoms with Crippen LogP contribution in [-0.4, -0.2) is 25.7 Å². The molecule has 0 bridgehead atoms. The minimum atomic E-state index is 0.740. The van der Waals surface area contributed by atoms with Gasteiger partial charge in [0.05, 0.1) is 6.61 Å². The van der Waals surface area contributed by atoms with E-state index in [2.05, 4.69) is 10.8 Å². The molecule has 0 aromatic carbocycles. The van der Waals surface area contributed by atoms with E-state index >= 15 is 0 Å². The summed E-state index contributed by atoms with van der Waals surface area (Å²) in [5, 5.41) is 3.50. The Kier molecular flexibility index (Phi) is 5.32. The van der Waals surface area contributed by atoms with Crippen molar-refractivity contribution >= 4 is 0 Å². The van der Waals surface area contributed by atoms with Crippen LogP contribution in [0, 0.1) is 0 Å². The molecule has 1 saturated carbocycles. The van der Waals surface area contributed by atoms with Crippen molar-refractivity contribution in [1.82, 2.24) is 10.8 Å². The van der Waals surface area contributed by atoms with Crippen LogP contribution in [0.5, 0.6) is 0 Å². The van der Waals surface area contributed by atoms with Crippen molar-refractivity contribution < 1.29 is 4.84 Å². The van der Waals surface area contributed by atoms with Gasteiger partial charge in [0, 0.05) is 19.1 Å². The predicted octanol–water partition coefficient (Wildman–Crippen LogP) is 1.06. The summed E-state index contributed by atoms with van der Waals surface area (Å²) in [4.78, 5) is 5.01. The molecule has 1 aliphatic carbocycles. The van der Waals surface area contributed by atoms with Gasteiger partial charge >= 0.3 is 0 Å². The first-order valence-electron chi connectivity index (χ1n) is 5.01. The Morgan fingerprint density at radius 2 is 2.00 bits per heavy atom. The smallest absolute Gasteiger partial charge is 0.0653 e. The Labute approximate surface area is 74.8 Å². The first-order valence-corrected chi connectivity index (χ1v) is 5.01. The number of hydrogen-bond acceptors (Lipinski definition) is 3. The molecule has 1 aliphatic rings. The Morgan fingerprint density at radius 1 is 1.25 bits per heavy atom. The van der Waals surface area contributed by atoms with Crippen LogP contribution < -0.4 is 10.8 Å². The van der Waals surface area contributed by atoms with Crippen LogP contribution in [0.25, 0.3) is 0 Å². The molecular formula is C9H20N2O. The molecule has 72 valence electrons. The molecule has 12 heavy (non-hydrogen) atoms. The molecular weight excluding hydrogens is 152 g/mol. The van der Waals surface area contributed by atoms with Gasteiger partial charge in [0.25, 0.3) is 0 Å². The molecule has 3 nitrogen and oxygen atoms in total. The van der Waals surface area contributed by atoms with Gasteiger partial charge in [-0.05, 0) is 19.8 Å². The van der Waals surface area contributed by atoms with Gasteiger partial charge in [-0.15, -0.1) is 0 Å². The highest BCUT2D eigenvalue weighted by Crippen LogP contribution is 2.16. The van der Waals surface area contributed by atoms with Crippen molar-refractivity contribution in [1.29, 1.82) is 0 Å². The van der Waals surface area contributed by atoms with E-state index in [1.54, 1.807) is 0 Å². The van der Waals surface area contributed by atoms with Crippen molar-refractivity contribution in [2.24, 2.45) is 0 Å². The predicted molar refractivity (Wildman–Crippen MR) is 49.9 cm³/mol. The zero-order valence-corrected chi connectivity index (χ0v) is 7.94. The number of hydrogen-bond donors (Lipinski definition) is 2. The topological polar surface area (TPSA) is 33.3 Å². The molecule has 0 unspecified atom stereocenters. The van der Waals surface area contributed by atoms with Gasteiger partial charge in [-0.25, -0.2) is 5.48 Å². The van der Waals surface area contributed by atoms with Gasteiger partial charge in [-0.3, -0.25) is 0 Å². The Bertz CT molecular complexity index is 103. The van der Waals surface area contributed by atoms with Gasteiger partial charge in [0.2, 0.25) is 0 Å². The van der Waals surface area contributed by atoms with Crippen LogP contribution in [0.1, 0.15) is 32.6 Å². The van der Waals surface area contributed by atoms with Crippen molar-refractivity contribution in [3.05, 3.63) is 0 Å². The summed E-state index contributed by atoms with van der Waals surface area (Å²) in [5.41, 5.74) is 2.90. The van der Waals surface area contributed by atoms with Crippen LogP contribution >= 0.6 is 0 Å². The number of rotatable bonds is 6. The van der Waals surface area contributed by atoms with Gasteiger partial charge < -0.3 is 10.2 Å². The van der Waals surface area contributed by atoms with Gasteiger partial charge in [0.15, 0.2) is 0 Å². The number of hydroxylamine groups is 1. The molecule has 0 heterocycles. The average molecular weight is 172 g/mol. The summed E-state index contributed by atoms with van der Waals surface area (Å²) >= 11 is 0. The molecule has 0 saturated heterocycles. The fraction of sp³-hybridized carbons (Fsp3) is 1.00. The van der Waals surface area contributed by atoms with Crippen molar-refractivity contribution in [3.8, 4) is 0 Å². The highest BCUT2D eigenvalue weighted by atomic mass is 16.6. The average Bonchev–Trinajstić information content (AvgIpc) is 2.57. The van der Waals surface area contributed by atoms with E-state index in [9.17, 15) is 0 Å². The molecule has 0 radical (unpaired) electrons. The van der Waals surface area contributed by atoms with E-state index < -0.39 is 0 Å². The summed E-state index contributed by atoms with van der Waals surface area (Å²) in [6.07, 6.45) is 5.51. The maximum absolute atomic E-state index is 5.01. The van der Waals surface area contributed by atoms with E-state index in [4.69, 9.17) is 4.84 Å². The van der Waals surface area contributed by atoms with E-state index in [1.807, 2.05) is 6.92 Å². The van der Waals surface area contributed by atoms with Crippen LogP contribution in [0.2, 0.25) is 0 Å². The Balaban J connectivity index is 1.81.